The molecule has 1 aromatic carbocycles. The van der Waals surface area contributed by atoms with E-state index in [-0.39, 0.29) is 11.8 Å². The van der Waals surface area contributed by atoms with Gasteiger partial charge < -0.3 is 10.6 Å². The molecule has 106 valence electrons. The monoisotopic (exact) mass is 262 g/mol. The van der Waals surface area contributed by atoms with E-state index >= 15 is 0 Å². The van der Waals surface area contributed by atoms with Crippen molar-refractivity contribution in [1.82, 2.24) is 5.32 Å². The van der Waals surface area contributed by atoms with E-state index in [4.69, 9.17) is 0 Å². The Kier molecular flexibility index (Phi) is 6.57. The van der Waals surface area contributed by atoms with Crippen LogP contribution in [0, 0.1) is 5.92 Å². The van der Waals surface area contributed by atoms with Crippen LogP contribution in [0.4, 0.5) is 5.69 Å². The summed E-state index contributed by atoms with van der Waals surface area (Å²) in [5, 5.41) is 6.39. The lowest BCUT2D eigenvalue weighted by Crippen LogP contribution is -2.22. The normalized spacial score (nSPS) is 12.5. The smallest absolute Gasteiger partial charge is 0.227 e. The highest BCUT2D eigenvalue weighted by atomic mass is 16.1. The molecule has 19 heavy (non-hydrogen) atoms. The lowest BCUT2D eigenvalue weighted by molar-refractivity contribution is -0.120. The Morgan fingerprint density at radius 1 is 1.21 bits per heavy atom. The van der Waals surface area contributed by atoms with Crippen molar-refractivity contribution >= 4 is 11.6 Å². The topological polar surface area (TPSA) is 41.1 Å². The summed E-state index contributed by atoms with van der Waals surface area (Å²) in [4.78, 5) is 12.1. The fourth-order valence-corrected chi connectivity index (χ4v) is 2.21. The van der Waals surface area contributed by atoms with Crippen LogP contribution < -0.4 is 10.6 Å². The third-order valence-electron chi connectivity index (χ3n) is 3.52. The maximum Gasteiger partial charge on any atom is 0.227 e. The molecule has 0 saturated heterocycles. The summed E-state index contributed by atoms with van der Waals surface area (Å²) in [6, 6.07) is 8.37. The van der Waals surface area contributed by atoms with Crippen LogP contribution in [0.5, 0.6) is 0 Å². The summed E-state index contributed by atoms with van der Waals surface area (Å²) < 4.78 is 0. The van der Waals surface area contributed by atoms with Crippen LogP contribution in [0.15, 0.2) is 24.3 Å². The molecule has 0 spiro atoms. The van der Waals surface area contributed by atoms with Gasteiger partial charge in [0.15, 0.2) is 0 Å². The van der Waals surface area contributed by atoms with E-state index < -0.39 is 0 Å². The molecule has 0 fully saturated rings. The van der Waals surface area contributed by atoms with Crippen LogP contribution in [0.1, 0.15) is 52.1 Å². The summed E-state index contributed by atoms with van der Waals surface area (Å²) >= 11 is 0. The van der Waals surface area contributed by atoms with Crippen molar-refractivity contribution in [2.24, 2.45) is 5.92 Å². The first kappa shape index (κ1) is 15.7. The first-order chi connectivity index (χ1) is 9.12. The molecule has 0 aliphatic heterocycles. The van der Waals surface area contributed by atoms with E-state index in [0.717, 1.165) is 25.1 Å². The molecule has 0 aliphatic rings. The summed E-state index contributed by atoms with van der Waals surface area (Å²) in [6.07, 6.45) is 1.77. The number of hydrogen-bond donors (Lipinski definition) is 2. The van der Waals surface area contributed by atoms with Gasteiger partial charge in [-0.15, -0.1) is 0 Å². The van der Waals surface area contributed by atoms with E-state index in [2.05, 4.69) is 44.4 Å². The minimum absolute atomic E-state index is 0.106. The quantitative estimate of drug-likeness (QED) is 0.786. The summed E-state index contributed by atoms with van der Waals surface area (Å²) in [5.74, 6) is 0.230. The highest BCUT2D eigenvalue weighted by molar-refractivity contribution is 5.92. The van der Waals surface area contributed by atoms with Gasteiger partial charge in [-0.05, 0) is 44.0 Å². The molecule has 0 bridgehead atoms. The number of rotatable bonds is 7. The Bertz CT molecular complexity index is 399. The zero-order valence-corrected chi connectivity index (χ0v) is 12.5. The molecular formula is C16H26N2O. The van der Waals surface area contributed by atoms with E-state index in [1.54, 1.807) is 0 Å². The molecule has 2 N–H and O–H groups in total. The second-order valence-corrected chi connectivity index (χ2v) is 4.91. The second kappa shape index (κ2) is 7.95. The van der Waals surface area contributed by atoms with Crippen LogP contribution in [-0.4, -0.2) is 12.5 Å². The molecule has 0 aromatic heterocycles. The summed E-state index contributed by atoms with van der Waals surface area (Å²) in [5.41, 5.74) is 2.09. The van der Waals surface area contributed by atoms with Gasteiger partial charge in [0, 0.05) is 17.6 Å². The number of hydrogen-bond acceptors (Lipinski definition) is 2. The van der Waals surface area contributed by atoms with Gasteiger partial charge in [0.25, 0.3) is 0 Å². The Morgan fingerprint density at radius 3 is 2.47 bits per heavy atom. The largest absolute Gasteiger partial charge is 0.326 e. The predicted molar refractivity (Wildman–Crippen MR) is 81.2 cm³/mol. The zero-order chi connectivity index (χ0) is 14.3. The van der Waals surface area contributed by atoms with Gasteiger partial charge in [-0.25, -0.2) is 0 Å². The zero-order valence-electron chi connectivity index (χ0n) is 12.5. The molecule has 0 heterocycles. The van der Waals surface area contributed by atoms with Gasteiger partial charge in [0.05, 0.1) is 0 Å². The Hall–Kier alpha value is -1.35. The number of benzene rings is 1. The van der Waals surface area contributed by atoms with Crippen molar-refractivity contribution in [2.75, 3.05) is 11.9 Å². The number of anilines is 1. The first-order valence-electron chi connectivity index (χ1n) is 7.26. The van der Waals surface area contributed by atoms with Crippen molar-refractivity contribution in [3.63, 3.8) is 0 Å². The predicted octanol–water partition coefficient (Wildman–Crippen LogP) is 3.73. The molecule has 1 unspecified atom stereocenters. The lowest BCUT2D eigenvalue weighted by atomic mass is 10.0. The number of nitrogens with one attached hydrogen (secondary N) is 2. The second-order valence-electron chi connectivity index (χ2n) is 4.91. The molecule has 1 amide bonds. The average Bonchev–Trinajstić information content (AvgIpc) is 2.40. The van der Waals surface area contributed by atoms with Crippen LogP contribution in [0.3, 0.4) is 0 Å². The Morgan fingerprint density at radius 2 is 1.89 bits per heavy atom. The van der Waals surface area contributed by atoms with Gasteiger partial charge in [0.1, 0.15) is 0 Å². The summed E-state index contributed by atoms with van der Waals surface area (Å²) in [7, 11) is 0. The van der Waals surface area contributed by atoms with Gasteiger partial charge in [-0.1, -0.05) is 32.9 Å². The molecule has 0 saturated carbocycles. The summed E-state index contributed by atoms with van der Waals surface area (Å²) in [6.45, 7) is 9.26. The van der Waals surface area contributed by atoms with Gasteiger partial charge in [-0.2, -0.15) is 0 Å². The fraction of sp³-hybridized carbons (Fsp3) is 0.562. The van der Waals surface area contributed by atoms with E-state index in [0.29, 0.717) is 6.04 Å². The third-order valence-corrected chi connectivity index (χ3v) is 3.52. The molecule has 1 atom stereocenters. The minimum Gasteiger partial charge on any atom is -0.326 e. The first-order valence-corrected chi connectivity index (χ1v) is 7.26. The number of carbonyl (C=O) groups excluding carboxylic acids is 1. The van der Waals surface area contributed by atoms with E-state index in [1.165, 1.54) is 5.56 Å². The molecule has 3 nitrogen and oxygen atoms in total. The lowest BCUT2D eigenvalue weighted by Gasteiger charge is -2.16. The molecule has 3 heteroatoms. The average molecular weight is 262 g/mol. The fourth-order valence-electron chi connectivity index (χ4n) is 2.21. The Balaban J connectivity index is 2.74. The third kappa shape index (κ3) is 4.67. The number of carbonyl (C=O) groups is 1. The van der Waals surface area contributed by atoms with Crippen molar-refractivity contribution in [2.45, 2.75) is 46.6 Å². The van der Waals surface area contributed by atoms with Crippen LogP contribution >= 0.6 is 0 Å². The maximum atomic E-state index is 12.1. The van der Waals surface area contributed by atoms with Gasteiger partial charge in [-0.3, -0.25) is 4.79 Å². The molecule has 1 aromatic rings. The Labute approximate surface area is 116 Å². The molecular weight excluding hydrogens is 236 g/mol. The SMILES string of the molecule is CCNC(C)c1cccc(NC(=O)C(CC)CC)c1. The highest BCUT2D eigenvalue weighted by Crippen LogP contribution is 2.19. The van der Waals surface area contributed by atoms with E-state index in [9.17, 15) is 4.79 Å². The molecule has 0 aliphatic carbocycles. The number of amides is 1. The van der Waals surface area contributed by atoms with Crippen molar-refractivity contribution < 1.29 is 4.79 Å². The van der Waals surface area contributed by atoms with Crippen LogP contribution in [0.25, 0.3) is 0 Å². The van der Waals surface area contributed by atoms with Crippen molar-refractivity contribution in [3.05, 3.63) is 29.8 Å². The molecule has 0 radical (unpaired) electrons. The van der Waals surface area contributed by atoms with Gasteiger partial charge in [0.2, 0.25) is 5.91 Å². The van der Waals surface area contributed by atoms with Crippen LogP contribution in [-0.2, 0) is 4.79 Å². The van der Waals surface area contributed by atoms with E-state index in [1.807, 2.05) is 18.2 Å². The van der Waals surface area contributed by atoms with Gasteiger partial charge >= 0.3 is 0 Å². The minimum atomic E-state index is 0.106. The maximum absolute atomic E-state index is 12.1. The highest BCUT2D eigenvalue weighted by Gasteiger charge is 2.14. The van der Waals surface area contributed by atoms with Crippen LogP contribution in [0.2, 0.25) is 0 Å². The van der Waals surface area contributed by atoms with Crippen molar-refractivity contribution in [1.29, 1.82) is 0 Å². The molecule has 1 rings (SSSR count). The van der Waals surface area contributed by atoms with Crippen molar-refractivity contribution in [3.8, 4) is 0 Å². The standard InChI is InChI=1S/C16H26N2O/c1-5-13(6-2)16(19)18-15-10-8-9-14(11-15)12(4)17-7-3/h8-13,17H,5-7H2,1-4H3,(H,18,19).